The number of rotatable bonds is 6. The van der Waals surface area contributed by atoms with Crippen molar-refractivity contribution in [3.8, 4) is 17.0 Å². The number of aromatic nitrogens is 1. The van der Waals surface area contributed by atoms with Crippen molar-refractivity contribution >= 4 is 23.2 Å². The Balaban J connectivity index is 1.51. The van der Waals surface area contributed by atoms with Gasteiger partial charge in [0.2, 0.25) is 5.76 Å². The van der Waals surface area contributed by atoms with E-state index >= 15 is 0 Å². The monoisotopic (exact) mass is 413 g/mol. The van der Waals surface area contributed by atoms with Crippen LogP contribution < -0.4 is 15.4 Å². The van der Waals surface area contributed by atoms with Crippen LogP contribution in [0.25, 0.3) is 11.3 Å². The van der Waals surface area contributed by atoms with Crippen LogP contribution in [0.5, 0.6) is 5.75 Å². The quantitative estimate of drug-likeness (QED) is 0.471. The van der Waals surface area contributed by atoms with E-state index < -0.39 is 5.91 Å². The van der Waals surface area contributed by atoms with E-state index in [1.807, 2.05) is 30.3 Å². The molecule has 0 unspecified atom stereocenters. The molecule has 154 valence electrons. The van der Waals surface area contributed by atoms with Crippen LogP contribution in [0.4, 0.5) is 11.4 Å². The maximum absolute atomic E-state index is 12.8. The second-order valence-electron chi connectivity index (χ2n) is 6.63. The van der Waals surface area contributed by atoms with E-state index in [9.17, 15) is 9.59 Å². The first-order valence-corrected chi connectivity index (χ1v) is 9.52. The highest BCUT2D eigenvalue weighted by Crippen LogP contribution is 2.22. The third-order valence-electron chi connectivity index (χ3n) is 4.55. The van der Waals surface area contributed by atoms with E-state index in [-0.39, 0.29) is 11.7 Å². The lowest BCUT2D eigenvalue weighted by Crippen LogP contribution is -2.18. The maximum atomic E-state index is 12.8. The van der Waals surface area contributed by atoms with Gasteiger partial charge in [-0.1, -0.05) is 53.7 Å². The minimum Gasteiger partial charge on any atom is -0.497 e. The maximum Gasteiger partial charge on any atom is 0.294 e. The molecule has 0 spiro atoms. The molecule has 0 aliphatic carbocycles. The summed E-state index contributed by atoms with van der Waals surface area (Å²) in [6.07, 6.45) is 0. The first-order chi connectivity index (χ1) is 15.1. The summed E-state index contributed by atoms with van der Waals surface area (Å²) in [4.78, 5) is 25.5. The molecule has 7 heteroatoms. The van der Waals surface area contributed by atoms with Gasteiger partial charge in [0.05, 0.1) is 18.4 Å². The fourth-order valence-electron chi connectivity index (χ4n) is 3.00. The van der Waals surface area contributed by atoms with E-state index in [1.54, 1.807) is 61.7 Å². The number of hydrogen-bond donors (Lipinski definition) is 2. The van der Waals surface area contributed by atoms with Crippen LogP contribution in [0.2, 0.25) is 0 Å². The highest BCUT2D eigenvalue weighted by molar-refractivity contribution is 6.12. The average Bonchev–Trinajstić information content (AvgIpc) is 3.31. The predicted octanol–water partition coefficient (Wildman–Crippen LogP) is 4.85. The van der Waals surface area contributed by atoms with Crippen molar-refractivity contribution in [3.05, 3.63) is 96.3 Å². The van der Waals surface area contributed by atoms with Gasteiger partial charge in [0.1, 0.15) is 11.4 Å². The van der Waals surface area contributed by atoms with Crippen LogP contribution in [0, 0.1) is 0 Å². The van der Waals surface area contributed by atoms with Gasteiger partial charge in [-0.2, -0.15) is 0 Å². The van der Waals surface area contributed by atoms with Crippen LogP contribution in [-0.4, -0.2) is 24.1 Å². The summed E-state index contributed by atoms with van der Waals surface area (Å²) in [6, 6.07) is 24.7. The lowest BCUT2D eigenvalue weighted by molar-refractivity contribution is 0.0988. The number of anilines is 2. The molecule has 31 heavy (non-hydrogen) atoms. The van der Waals surface area contributed by atoms with Gasteiger partial charge in [-0.25, -0.2) is 0 Å². The van der Waals surface area contributed by atoms with E-state index in [4.69, 9.17) is 9.26 Å². The van der Waals surface area contributed by atoms with Crippen LogP contribution in [0.15, 0.2) is 89.5 Å². The molecule has 0 aliphatic rings. The first kappa shape index (κ1) is 19.9. The molecule has 3 aromatic carbocycles. The summed E-state index contributed by atoms with van der Waals surface area (Å²) < 4.78 is 10.4. The first-order valence-electron chi connectivity index (χ1n) is 9.52. The molecule has 4 aromatic rings. The molecule has 0 fully saturated rings. The number of carbonyl (C=O) groups excluding carboxylic acids is 2. The summed E-state index contributed by atoms with van der Waals surface area (Å²) in [6.45, 7) is 0. The fraction of sp³-hybridized carbons (Fsp3) is 0.0417. The predicted molar refractivity (Wildman–Crippen MR) is 117 cm³/mol. The molecule has 2 amide bonds. The highest BCUT2D eigenvalue weighted by Gasteiger charge is 2.18. The van der Waals surface area contributed by atoms with E-state index in [0.717, 1.165) is 5.56 Å². The third kappa shape index (κ3) is 4.62. The second-order valence-corrected chi connectivity index (χ2v) is 6.63. The van der Waals surface area contributed by atoms with Gasteiger partial charge in [-0.15, -0.1) is 0 Å². The molecule has 4 rings (SSSR count). The van der Waals surface area contributed by atoms with Gasteiger partial charge in [-0.3, -0.25) is 9.59 Å². The zero-order chi connectivity index (χ0) is 21.6. The Bertz CT molecular complexity index is 1220. The number of nitrogens with zero attached hydrogens (tertiary/aromatic N) is 1. The topological polar surface area (TPSA) is 93.5 Å². The Hall–Kier alpha value is -4.39. The Labute approximate surface area is 178 Å². The zero-order valence-corrected chi connectivity index (χ0v) is 16.7. The molecular formula is C24H19N3O4. The number of carbonyl (C=O) groups is 2. The number of benzene rings is 3. The van der Waals surface area contributed by atoms with E-state index in [0.29, 0.717) is 28.4 Å². The van der Waals surface area contributed by atoms with Gasteiger partial charge < -0.3 is 19.9 Å². The molecule has 0 saturated heterocycles. The zero-order valence-electron chi connectivity index (χ0n) is 16.7. The molecule has 0 radical (unpaired) electrons. The minimum atomic E-state index is -0.503. The van der Waals surface area contributed by atoms with Crippen LogP contribution in [0.3, 0.4) is 0 Å². The van der Waals surface area contributed by atoms with Gasteiger partial charge in [0.25, 0.3) is 11.8 Å². The summed E-state index contributed by atoms with van der Waals surface area (Å²) in [7, 11) is 1.55. The Morgan fingerprint density at radius 3 is 2.42 bits per heavy atom. The van der Waals surface area contributed by atoms with Crippen molar-refractivity contribution in [3.63, 3.8) is 0 Å². The summed E-state index contributed by atoms with van der Waals surface area (Å²) in [5, 5.41) is 9.48. The molecule has 0 aliphatic heterocycles. The number of nitrogens with one attached hydrogen (secondary N) is 2. The molecule has 0 atom stereocenters. The number of ether oxygens (including phenoxy) is 1. The summed E-state index contributed by atoms with van der Waals surface area (Å²) in [5.74, 6) is -0.205. The fourth-order valence-corrected chi connectivity index (χ4v) is 3.00. The Morgan fingerprint density at radius 2 is 1.61 bits per heavy atom. The third-order valence-corrected chi connectivity index (χ3v) is 4.55. The molecular weight excluding hydrogens is 394 g/mol. The normalized spacial score (nSPS) is 10.4. The molecule has 0 saturated carbocycles. The number of hydrogen-bond acceptors (Lipinski definition) is 5. The van der Waals surface area contributed by atoms with Gasteiger partial charge in [0.15, 0.2) is 0 Å². The van der Waals surface area contributed by atoms with Crippen LogP contribution >= 0.6 is 0 Å². The van der Waals surface area contributed by atoms with Crippen molar-refractivity contribution in [2.75, 3.05) is 17.7 Å². The number of para-hydroxylation sites is 1. The summed E-state index contributed by atoms with van der Waals surface area (Å²) >= 11 is 0. The minimum absolute atomic E-state index is 0.0434. The Kier molecular flexibility index (Phi) is 5.75. The standard InChI is InChI=1S/C24H19N3O4/c1-30-18-11-7-10-17(14-18)25-23(28)19-12-5-6-13-20(19)26-24(29)22-15-21(27-31-22)16-8-3-2-4-9-16/h2-15H,1H3,(H,25,28)(H,26,29). The SMILES string of the molecule is COc1cccc(NC(=O)c2ccccc2NC(=O)c2cc(-c3ccccc3)no2)c1. The highest BCUT2D eigenvalue weighted by atomic mass is 16.5. The molecule has 7 nitrogen and oxygen atoms in total. The van der Waals surface area contributed by atoms with E-state index in [2.05, 4.69) is 15.8 Å². The average molecular weight is 413 g/mol. The van der Waals surface area contributed by atoms with Gasteiger partial charge in [-0.05, 0) is 24.3 Å². The van der Waals surface area contributed by atoms with Crippen LogP contribution in [-0.2, 0) is 0 Å². The van der Waals surface area contributed by atoms with Crippen molar-refractivity contribution in [2.45, 2.75) is 0 Å². The van der Waals surface area contributed by atoms with Crippen LogP contribution in [0.1, 0.15) is 20.9 Å². The second kappa shape index (κ2) is 8.96. The van der Waals surface area contributed by atoms with Gasteiger partial charge >= 0.3 is 0 Å². The molecule has 0 bridgehead atoms. The number of methoxy groups -OCH3 is 1. The summed E-state index contributed by atoms with van der Waals surface area (Å²) in [5.41, 5.74) is 2.62. The smallest absolute Gasteiger partial charge is 0.294 e. The molecule has 2 N–H and O–H groups in total. The Morgan fingerprint density at radius 1 is 0.839 bits per heavy atom. The van der Waals surface area contributed by atoms with Crippen molar-refractivity contribution in [1.82, 2.24) is 5.16 Å². The lowest BCUT2D eigenvalue weighted by atomic mass is 10.1. The largest absolute Gasteiger partial charge is 0.497 e. The van der Waals surface area contributed by atoms with E-state index in [1.165, 1.54) is 0 Å². The van der Waals surface area contributed by atoms with Crippen molar-refractivity contribution in [2.24, 2.45) is 0 Å². The van der Waals surface area contributed by atoms with Crippen molar-refractivity contribution < 1.29 is 18.8 Å². The number of amides is 2. The molecule has 1 heterocycles. The molecule has 1 aromatic heterocycles. The van der Waals surface area contributed by atoms with Crippen molar-refractivity contribution in [1.29, 1.82) is 0 Å². The van der Waals surface area contributed by atoms with Gasteiger partial charge in [0, 0.05) is 23.4 Å². The lowest BCUT2D eigenvalue weighted by Gasteiger charge is -2.11.